The maximum absolute atomic E-state index is 12.7. The summed E-state index contributed by atoms with van der Waals surface area (Å²) in [4.78, 5) is 29.4. The number of nitrogens with zero attached hydrogens (tertiary/aromatic N) is 1. The van der Waals surface area contributed by atoms with Crippen LogP contribution in [0.5, 0.6) is 0 Å². The van der Waals surface area contributed by atoms with Crippen molar-refractivity contribution in [2.75, 3.05) is 17.3 Å². The molecule has 0 saturated carbocycles. The summed E-state index contributed by atoms with van der Waals surface area (Å²) < 4.78 is 0. The van der Waals surface area contributed by atoms with Crippen LogP contribution in [0.1, 0.15) is 15.2 Å². The molecule has 1 aliphatic heterocycles. The minimum Gasteiger partial charge on any atom is -0.322 e. The quantitative estimate of drug-likeness (QED) is 0.628. The minimum atomic E-state index is -0.188. The monoisotopic (exact) mass is 392 g/mol. The van der Waals surface area contributed by atoms with Crippen molar-refractivity contribution in [2.45, 2.75) is 9.79 Å². The summed E-state index contributed by atoms with van der Waals surface area (Å²) in [5.74, 6) is -0.223. The van der Waals surface area contributed by atoms with E-state index in [1.807, 2.05) is 60.0 Å². The van der Waals surface area contributed by atoms with Gasteiger partial charge in [0.1, 0.15) is 0 Å². The Kier molecular flexibility index (Phi) is 4.83. The molecule has 0 bridgehead atoms. The first-order chi connectivity index (χ1) is 13.1. The van der Waals surface area contributed by atoms with Gasteiger partial charge in [0.25, 0.3) is 5.91 Å². The van der Waals surface area contributed by atoms with Gasteiger partial charge in [0.05, 0.1) is 11.3 Å². The van der Waals surface area contributed by atoms with E-state index >= 15 is 0 Å². The van der Waals surface area contributed by atoms with Gasteiger partial charge in [-0.25, -0.2) is 0 Å². The highest BCUT2D eigenvalue weighted by molar-refractivity contribution is 7.99. The lowest BCUT2D eigenvalue weighted by atomic mass is 10.2. The van der Waals surface area contributed by atoms with Gasteiger partial charge in [-0.3, -0.25) is 9.59 Å². The van der Waals surface area contributed by atoms with Gasteiger partial charge in [-0.05, 0) is 47.9 Å². The molecular formula is C21H16N2O2S2. The number of amides is 2. The molecule has 134 valence electrons. The van der Waals surface area contributed by atoms with Crippen molar-refractivity contribution >= 4 is 52.4 Å². The highest BCUT2D eigenvalue weighted by Gasteiger charge is 2.24. The summed E-state index contributed by atoms with van der Waals surface area (Å²) in [5.41, 5.74) is 2.21. The highest BCUT2D eigenvalue weighted by Crippen LogP contribution is 2.41. The molecule has 2 aromatic carbocycles. The molecule has 1 N–H and O–H groups in total. The summed E-state index contributed by atoms with van der Waals surface area (Å²) in [6.07, 6.45) is 3.32. The van der Waals surface area contributed by atoms with Gasteiger partial charge >= 0.3 is 0 Å². The fraction of sp³-hybridized carbons (Fsp3) is 0.0476. The molecule has 2 heterocycles. The summed E-state index contributed by atoms with van der Waals surface area (Å²) in [6.45, 7) is 0. The molecule has 4 rings (SSSR count). The van der Waals surface area contributed by atoms with E-state index in [4.69, 9.17) is 0 Å². The number of nitrogens with one attached hydrogen (secondary N) is 1. The zero-order valence-corrected chi connectivity index (χ0v) is 16.1. The standard InChI is InChI=1S/C21H16N2O2S2/c1-23-17-10-8-14(22-20(24)11-9-15-5-4-12-26-15)13-19(17)27-18-7-3-2-6-16(18)21(23)25/h2-13H,1H3,(H,22,24). The topological polar surface area (TPSA) is 49.4 Å². The second kappa shape index (κ2) is 7.42. The summed E-state index contributed by atoms with van der Waals surface area (Å²) in [5, 5.41) is 4.86. The maximum atomic E-state index is 12.7. The first-order valence-corrected chi connectivity index (χ1v) is 10.0. The van der Waals surface area contributed by atoms with Crippen LogP contribution < -0.4 is 10.2 Å². The van der Waals surface area contributed by atoms with Gasteiger partial charge in [-0.2, -0.15) is 0 Å². The van der Waals surface area contributed by atoms with Crippen LogP contribution >= 0.6 is 23.1 Å². The molecule has 4 nitrogen and oxygen atoms in total. The van der Waals surface area contributed by atoms with Gasteiger partial charge < -0.3 is 10.2 Å². The van der Waals surface area contributed by atoms with Crippen LogP contribution in [-0.2, 0) is 4.79 Å². The fourth-order valence-electron chi connectivity index (χ4n) is 2.82. The smallest absolute Gasteiger partial charge is 0.259 e. The van der Waals surface area contributed by atoms with Crippen molar-refractivity contribution in [1.29, 1.82) is 0 Å². The lowest BCUT2D eigenvalue weighted by Crippen LogP contribution is -2.25. The van der Waals surface area contributed by atoms with E-state index in [1.54, 1.807) is 29.4 Å². The predicted octanol–water partition coefficient (Wildman–Crippen LogP) is 5.14. The largest absolute Gasteiger partial charge is 0.322 e. The number of carbonyl (C=O) groups is 2. The van der Waals surface area contributed by atoms with E-state index in [9.17, 15) is 9.59 Å². The van der Waals surface area contributed by atoms with Crippen LogP contribution in [0.15, 0.2) is 75.8 Å². The van der Waals surface area contributed by atoms with Crippen LogP contribution in [0, 0.1) is 0 Å². The van der Waals surface area contributed by atoms with Crippen molar-refractivity contribution < 1.29 is 9.59 Å². The first-order valence-electron chi connectivity index (χ1n) is 8.33. The van der Waals surface area contributed by atoms with Gasteiger partial charge in [0.2, 0.25) is 5.91 Å². The molecule has 0 aliphatic carbocycles. The molecule has 3 aromatic rings. The first kappa shape index (κ1) is 17.6. The van der Waals surface area contributed by atoms with Crippen LogP contribution in [-0.4, -0.2) is 18.9 Å². The number of anilines is 2. The number of fused-ring (bicyclic) bond motifs is 2. The SMILES string of the molecule is CN1C(=O)c2ccccc2Sc2cc(NC(=O)C=Cc3cccs3)ccc21. The van der Waals surface area contributed by atoms with E-state index in [2.05, 4.69) is 5.32 Å². The lowest BCUT2D eigenvalue weighted by molar-refractivity contribution is -0.111. The van der Waals surface area contributed by atoms with Crippen molar-refractivity contribution in [3.05, 3.63) is 76.5 Å². The van der Waals surface area contributed by atoms with Crippen molar-refractivity contribution in [2.24, 2.45) is 0 Å². The molecule has 1 aliphatic rings. The Morgan fingerprint density at radius 1 is 1.07 bits per heavy atom. The predicted molar refractivity (Wildman–Crippen MR) is 112 cm³/mol. The van der Waals surface area contributed by atoms with E-state index in [1.165, 1.54) is 17.8 Å². The van der Waals surface area contributed by atoms with E-state index < -0.39 is 0 Å². The van der Waals surface area contributed by atoms with Gasteiger partial charge in [0.15, 0.2) is 0 Å². The second-order valence-corrected chi connectivity index (χ2v) is 8.05. The van der Waals surface area contributed by atoms with Crippen molar-refractivity contribution in [3.63, 3.8) is 0 Å². The number of hydrogen-bond donors (Lipinski definition) is 1. The summed E-state index contributed by atoms with van der Waals surface area (Å²) in [6, 6.07) is 17.1. The zero-order valence-electron chi connectivity index (χ0n) is 14.5. The Morgan fingerprint density at radius 2 is 1.93 bits per heavy atom. The summed E-state index contributed by atoms with van der Waals surface area (Å²) >= 11 is 3.11. The van der Waals surface area contributed by atoms with Crippen molar-refractivity contribution in [3.8, 4) is 0 Å². The zero-order chi connectivity index (χ0) is 18.8. The van der Waals surface area contributed by atoms with Gasteiger partial charge in [0, 0.05) is 33.5 Å². The average Bonchev–Trinajstić information content (AvgIpc) is 3.16. The van der Waals surface area contributed by atoms with Crippen molar-refractivity contribution in [1.82, 2.24) is 0 Å². The maximum Gasteiger partial charge on any atom is 0.259 e. The minimum absolute atomic E-state index is 0.0347. The van der Waals surface area contributed by atoms with Crippen LogP contribution in [0.4, 0.5) is 11.4 Å². The molecule has 2 amide bonds. The fourth-order valence-corrected chi connectivity index (χ4v) is 4.58. The third-order valence-corrected chi connectivity index (χ3v) is 6.13. The number of thiophene rings is 1. The molecule has 6 heteroatoms. The third-order valence-electron chi connectivity index (χ3n) is 4.17. The van der Waals surface area contributed by atoms with Gasteiger partial charge in [-0.1, -0.05) is 30.0 Å². The van der Waals surface area contributed by atoms with E-state index in [0.29, 0.717) is 11.3 Å². The Labute approximate surface area is 165 Å². The molecular weight excluding hydrogens is 376 g/mol. The average molecular weight is 393 g/mol. The molecule has 0 spiro atoms. The number of benzene rings is 2. The Balaban J connectivity index is 1.59. The van der Waals surface area contributed by atoms with E-state index in [0.717, 1.165) is 20.4 Å². The third kappa shape index (κ3) is 3.67. The Hall–Kier alpha value is -2.83. The normalized spacial score (nSPS) is 13.2. The molecule has 0 fully saturated rings. The van der Waals surface area contributed by atoms with E-state index in [-0.39, 0.29) is 11.8 Å². The number of rotatable bonds is 3. The Morgan fingerprint density at radius 3 is 2.74 bits per heavy atom. The lowest BCUT2D eigenvalue weighted by Gasteiger charge is -2.18. The van der Waals surface area contributed by atoms with Crippen LogP contribution in [0.25, 0.3) is 6.08 Å². The molecule has 27 heavy (non-hydrogen) atoms. The molecule has 0 unspecified atom stereocenters. The molecule has 0 radical (unpaired) electrons. The molecule has 0 saturated heterocycles. The Bertz CT molecular complexity index is 1040. The van der Waals surface area contributed by atoms with Crippen LogP contribution in [0.3, 0.4) is 0 Å². The summed E-state index contributed by atoms with van der Waals surface area (Å²) in [7, 11) is 1.77. The number of carbonyl (C=O) groups excluding carboxylic acids is 2. The second-order valence-electron chi connectivity index (χ2n) is 5.98. The van der Waals surface area contributed by atoms with Gasteiger partial charge in [-0.15, -0.1) is 11.3 Å². The highest BCUT2D eigenvalue weighted by atomic mass is 32.2. The van der Waals surface area contributed by atoms with Crippen LogP contribution in [0.2, 0.25) is 0 Å². The molecule has 1 aromatic heterocycles. The molecule has 0 atom stereocenters. The number of hydrogen-bond acceptors (Lipinski definition) is 4.